The SMILES string of the molecule is CCCNC(CC1CCCC1)c1nccc2ccccc12. The molecule has 1 N–H and O–H groups in total. The zero-order chi connectivity index (χ0) is 14.5. The number of hydrogen-bond acceptors (Lipinski definition) is 2. The van der Waals surface area contributed by atoms with E-state index >= 15 is 0 Å². The van der Waals surface area contributed by atoms with Gasteiger partial charge < -0.3 is 5.32 Å². The van der Waals surface area contributed by atoms with E-state index in [1.165, 1.54) is 55.0 Å². The topological polar surface area (TPSA) is 24.9 Å². The highest BCUT2D eigenvalue weighted by Gasteiger charge is 2.22. The Morgan fingerprint density at radius 2 is 2.00 bits per heavy atom. The van der Waals surface area contributed by atoms with Crippen LogP contribution in [-0.4, -0.2) is 11.5 Å². The number of nitrogens with one attached hydrogen (secondary N) is 1. The molecule has 1 saturated carbocycles. The summed E-state index contributed by atoms with van der Waals surface area (Å²) in [6.07, 6.45) is 9.99. The molecule has 112 valence electrons. The molecule has 3 rings (SSSR count). The lowest BCUT2D eigenvalue weighted by Crippen LogP contribution is -2.25. The summed E-state index contributed by atoms with van der Waals surface area (Å²) < 4.78 is 0. The van der Waals surface area contributed by atoms with Gasteiger partial charge in [0.05, 0.1) is 11.7 Å². The Morgan fingerprint density at radius 3 is 2.81 bits per heavy atom. The van der Waals surface area contributed by atoms with Gasteiger partial charge in [-0.05, 0) is 36.8 Å². The normalized spacial score (nSPS) is 17.4. The van der Waals surface area contributed by atoms with Crippen LogP contribution in [0.4, 0.5) is 0 Å². The average Bonchev–Trinajstić information content (AvgIpc) is 3.04. The summed E-state index contributed by atoms with van der Waals surface area (Å²) in [5.41, 5.74) is 1.24. The van der Waals surface area contributed by atoms with Crippen LogP contribution in [0.3, 0.4) is 0 Å². The fraction of sp³-hybridized carbons (Fsp3) is 0.526. The quantitative estimate of drug-likeness (QED) is 0.818. The van der Waals surface area contributed by atoms with Crippen LogP contribution in [0.25, 0.3) is 10.8 Å². The second-order valence-electron chi connectivity index (χ2n) is 6.31. The van der Waals surface area contributed by atoms with E-state index in [2.05, 4.69) is 42.6 Å². The molecule has 0 amide bonds. The van der Waals surface area contributed by atoms with E-state index in [1.54, 1.807) is 0 Å². The second kappa shape index (κ2) is 7.04. The zero-order valence-electron chi connectivity index (χ0n) is 13.0. The minimum absolute atomic E-state index is 0.402. The third-order valence-electron chi connectivity index (χ3n) is 4.72. The molecular weight excluding hydrogens is 256 g/mol. The first-order valence-electron chi connectivity index (χ1n) is 8.45. The highest BCUT2D eigenvalue weighted by atomic mass is 14.9. The Labute approximate surface area is 128 Å². The van der Waals surface area contributed by atoms with Crippen LogP contribution in [-0.2, 0) is 0 Å². The molecule has 0 bridgehead atoms. The molecule has 2 nitrogen and oxygen atoms in total. The summed E-state index contributed by atoms with van der Waals surface area (Å²) in [6.45, 7) is 3.30. The maximum Gasteiger partial charge on any atom is 0.0651 e. The van der Waals surface area contributed by atoms with Crippen LogP contribution in [0.2, 0.25) is 0 Å². The van der Waals surface area contributed by atoms with Crippen molar-refractivity contribution in [3.63, 3.8) is 0 Å². The Kier molecular flexibility index (Phi) is 4.87. The first-order chi connectivity index (χ1) is 10.4. The highest BCUT2D eigenvalue weighted by molar-refractivity contribution is 5.84. The lowest BCUT2D eigenvalue weighted by atomic mass is 9.94. The molecular formula is C19H26N2. The minimum atomic E-state index is 0.402. The van der Waals surface area contributed by atoms with Crippen LogP contribution >= 0.6 is 0 Å². The van der Waals surface area contributed by atoms with Gasteiger partial charge in [0.15, 0.2) is 0 Å². The van der Waals surface area contributed by atoms with E-state index in [9.17, 15) is 0 Å². The van der Waals surface area contributed by atoms with E-state index in [4.69, 9.17) is 4.98 Å². The van der Waals surface area contributed by atoms with E-state index < -0.39 is 0 Å². The number of pyridine rings is 1. The summed E-state index contributed by atoms with van der Waals surface area (Å²) in [7, 11) is 0. The van der Waals surface area contributed by atoms with Gasteiger partial charge in [-0.1, -0.05) is 56.9 Å². The molecule has 0 spiro atoms. The van der Waals surface area contributed by atoms with E-state index in [1.807, 2.05) is 6.20 Å². The lowest BCUT2D eigenvalue weighted by molar-refractivity contribution is 0.391. The average molecular weight is 282 g/mol. The van der Waals surface area contributed by atoms with Crippen molar-refractivity contribution >= 4 is 10.8 Å². The van der Waals surface area contributed by atoms with Gasteiger partial charge in [0.25, 0.3) is 0 Å². The van der Waals surface area contributed by atoms with Gasteiger partial charge >= 0.3 is 0 Å². The molecule has 0 aliphatic heterocycles. The summed E-state index contributed by atoms with van der Waals surface area (Å²) in [6, 6.07) is 11.2. The number of aromatic nitrogens is 1. The molecule has 1 aromatic heterocycles. The van der Waals surface area contributed by atoms with Crippen molar-refractivity contribution in [3.05, 3.63) is 42.2 Å². The number of hydrogen-bond donors (Lipinski definition) is 1. The van der Waals surface area contributed by atoms with E-state index in [0.29, 0.717) is 6.04 Å². The standard InChI is InChI=1S/C19H26N2/c1-2-12-20-18(14-15-7-3-4-8-15)19-17-10-6-5-9-16(17)11-13-21-19/h5-6,9-11,13,15,18,20H,2-4,7-8,12,14H2,1H3. The van der Waals surface area contributed by atoms with Crippen molar-refractivity contribution in [2.24, 2.45) is 5.92 Å². The molecule has 1 heterocycles. The summed E-state index contributed by atoms with van der Waals surface area (Å²) in [5, 5.41) is 6.36. The molecule has 2 heteroatoms. The van der Waals surface area contributed by atoms with Crippen molar-refractivity contribution in [1.29, 1.82) is 0 Å². The van der Waals surface area contributed by atoms with Crippen molar-refractivity contribution < 1.29 is 0 Å². The molecule has 1 fully saturated rings. The maximum absolute atomic E-state index is 4.74. The van der Waals surface area contributed by atoms with Crippen molar-refractivity contribution in [1.82, 2.24) is 10.3 Å². The van der Waals surface area contributed by atoms with Crippen LogP contribution in [0.1, 0.15) is 57.2 Å². The first kappa shape index (κ1) is 14.5. The Morgan fingerprint density at radius 1 is 1.19 bits per heavy atom. The first-order valence-corrected chi connectivity index (χ1v) is 8.45. The van der Waals surface area contributed by atoms with Crippen LogP contribution in [0.15, 0.2) is 36.5 Å². The van der Waals surface area contributed by atoms with Crippen molar-refractivity contribution in [2.75, 3.05) is 6.54 Å². The van der Waals surface area contributed by atoms with Crippen LogP contribution < -0.4 is 5.32 Å². The predicted molar refractivity (Wildman–Crippen MR) is 89.4 cm³/mol. The fourth-order valence-electron chi connectivity index (χ4n) is 3.61. The van der Waals surface area contributed by atoms with Gasteiger partial charge in [-0.15, -0.1) is 0 Å². The molecule has 0 saturated heterocycles. The predicted octanol–water partition coefficient (Wildman–Crippen LogP) is 4.86. The maximum atomic E-state index is 4.74. The zero-order valence-corrected chi connectivity index (χ0v) is 13.0. The van der Waals surface area contributed by atoms with Gasteiger partial charge in [-0.3, -0.25) is 4.98 Å². The van der Waals surface area contributed by atoms with Crippen molar-refractivity contribution in [2.45, 2.75) is 51.5 Å². The molecule has 2 aromatic rings. The molecule has 1 aliphatic carbocycles. The van der Waals surface area contributed by atoms with Crippen LogP contribution in [0.5, 0.6) is 0 Å². The molecule has 0 radical (unpaired) electrons. The molecule has 1 aromatic carbocycles. The van der Waals surface area contributed by atoms with Crippen molar-refractivity contribution in [3.8, 4) is 0 Å². The second-order valence-corrected chi connectivity index (χ2v) is 6.31. The van der Waals surface area contributed by atoms with Gasteiger partial charge in [0.1, 0.15) is 0 Å². The minimum Gasteiger partial charge on any atom is -0.309 e. The Hall–Kier alpha value is -1.41. The van der Waals surface area contributed by atoms with Crippen LogP contribution in [0, 0.1) is 5.92 Å². The Bertz CT molecular complexity index is 567. The summed E-state index contributed by atoms with van der Waals surface area (Å²) in [4.78, 5) is 4.74. The number of fused-ring (bicyclic) bond motifs is 1. The molecule has 1 unspecified atom stereocenters. The smallest absolute Gasteiger partial charge is 0.0651 e. The van der Waals surface area contributed by atoms with Gasteiger partial charge in [-0.2, -0.15) is 0 Å². The molecule has 1 atom stereocenters. The summed E-state index contributed by atoms with van der Waals surface area (Å²) >= 11 is 0. The third-order valence-corrected chi connectivity index (χ3v) is 4.72. The van der Waals surface area contributed by atoms with E-state index in [0.717, 1.165) is 12.5 Å². The summed E-state index contributed by atoms with van der Waals surface area (Å²) in [5.74, 6) is 0.875. The number of nitrogens with zero attached hydrogens (tertiary/aromatic N) is 1. The van der Waals surface area contributed by atoms with E-state index in [-0.39, 0.29) is 0 Å². The monoisotopic (exact) mass is 282 g/mol. The highest BCUT2D eigenvalue weighted by Crippen LogP contribution is 2.34. The third kappa shape index (κ3) is 3.44. The van der Waals surface area contributed by atoms with Gasteiger partial charge in [0, 0.05) is 11.6 Å². The molecule has 21 heavy (non-hydrogen) atoms. The van der Waals surface area contributed by atoms with Gasteiger partial charge in [0.2, 0.25) is 0 Å². The fourth-order valence-corrected chi connectivity index (χ4v) is 3.61. The van der Waals surface area contributed by atoms with Gasteiger partial charge in [-0.25, -0.2) is 0 Å². The Balaban J connectivity index is 1.89. The number of rotatable bonds is 6. The lowest BCUT2D eigenvalue weighted by Gasteiger charge is -2.22. The number of benzene rings is 1. The largest absolute Gasteiger partial charge is 0.309 e. The molecule has 1 aliphatic rings.